The molecule has 0 radical (unpaired) electrons. The summed E-state index contributed by atoms with van der Waals surface area (Å²) in [6, 6.07) is 9.84. The van der Waals surface area contributed by atoms with Gasteiger partial charge in [0.2, 0.25) is 18.5 Å². The minimum atomic E-state index is -4.64. The zero-order valence-electron chi connectivity index (χ0n) is 16.6. The molecule has 0 atom stereocenters. The lowest BCUT2D eigenvalue weighted by Crippen LogP contribution is -2.37. The van der Waals surface area contributed by atoms with Gasteiger partial charge in [-0.25, -0.2) is 13.8 Å². The SMILES string of the molecule is Fc1cc(C(F)(F)F)ccc1-c1cc(C[n+]2cc3[nH]c(-c4ccccc4F)nc3cn2)on1. The molecule has 5 rings (SSSR count). The highest BCUT2D eigenvalue weighted by Crippen LogP contribution is 2.32. The van der Waals surface area contributed by atoms with E-state index < -0.39 is 23.4 Å². The van der Waals surface area contributed by atoms with Gasteiger partial charge in [0.1, 0.15) is 40.4 Å². The molecule has 5 aromatic rings. The van der Waals surface area contributed by atoms with Crippen LogP contribution >= 0.6 is 0 Å². The summed E-state index contributed by atoms with van der Waals surface area (Å²) in [5.41, 5.74) is 0.288. The Balaban J connectivity index is 1.39. The molecule has 0 unspecified atom stereocenters. The van der Waals surface area contributed by atoms with Crippen molar-refractivity contribution in [2.24, 2.45) is 0 Å². The lowest BCUT2D eigenvalue weighted by Gasteiger charge is -2.07. The molecular formula is C22H13F5N5O+. The fourth-order valence-corrected chi connectivity index (χ4v) is 3.35. The van der Waals surface area contributed by atoms with Crippen molar-refractivity contribution in [1.29, 1.82) is 0 Å². The predicted molar refractivity (Wildman–Crippen MR) is 105 cm³/mol. The van der Waals surface area contributed by atoms with E-state index in [4.69, 9.17) is 4.52 Å². The van der Waals surface area contributed by atoms with Crippen molar-refractivity contribution in [3.05, 3.63) is 83.9 Å². The van der Waals surface area contributed by atoms with Crippen LogP contribution in [-0.2, 0) is 12.7 Å². The second kappa shape index (κ2) is 7.76. The van der Waals surface area contributed by atoms with Crippen LogP contribution in [-0.4, -0.2) is 20.2 Å². The third-order valence-corrected chi connectivity index (χ3v) is 4.95. The van der Waals surface area contributed by atoms with E-state index in [2.05, 4.69) is 20.2 Å². The van der Waals surface area contributed by atoms with Crippen LogP contribution in [0.15, 0.2) is 65.4 Å². The first kappa shape index (κ1) is 20.7. The van der Waals surface area contributed by atoms with E-state index >= 15 is 0 Å². The maximum Gasteiger partial charge on any atom is 0.416 e. The number of halogens is 5. The van der Waals surface area contributed by atoms with Gasteiger partial charge in [-0.05, 0) is 35.4 Å². The molecule has 0 aliphatic heterocycles. The largest absolute Gasteiger partial charge is 0.416 e. The zero-order valence-corrected chi connectivity index (χ0v) is 16.6. The number of nitrogens with one attached hydrogen (secondary N) is 1. The Morgan fingerprint density at radius 2 is 1.79 bits per heavy atom. The van der Waals surface area contributed by atoms with E-state index in [1.165, 1.54) is 23.0 Å². The van der Waals surface area contributed by atoms with Crippen LogP contribution in [0.25, 0.3) is 33.7 Å². The number of alkyl halides is 3. The Morgan fingerprint density at radius 1 is 0.970 bits per heavy atom. The number of fused-ring (bicyclic) bond motifs is 1. The highest BCUT2D eigenvalue weighted by atomic mass is 19.4. The Bertz CT molecular complexity index is 1470. The smallest absolute Gasteiger partial charge is 0.354 e. The first-order valence-electron chi connectivity index (χ1n) is 9.61. The Hall–Kier alpha value is -4.15. The number of hydrogen-bond acceptors (Lipinski definition) is 4. The highest BCUT2D eigenvalue weighted by Gasteiger charge is 2.31. The van der Waals surface area contributed by atoms with Crippen molar-refractivity contribution >= 4 is 11.0 Å². The van der Waals surface area contributed by atoms with Gasteiger partial charge in [-0.1, -0.05) is 22.0 Å². The quantitative estimate of drug-likeness (QED) is 0.307. The molecule has 0 saturated heterocycles. The summed E-state index contributed by atoms with van der Waals surface area (Å²) >= 11 is 0. The zero-order chi connectivity index (χ0) is 23.2. The number of rotatable bonds is 4. The molecule has 166 valence electrons. The summed E-state index contributed by atoms with van der Waals surface area (Å²) in [7, 11) is 0. The average Bonchev–Trinajstić information content (AvgIpc) is 3.40. The number of hydrogen-bond donors (Lipinski definition) is 1. The summed E-state index contributed by atoms with van der Waals surface area (Å²) in [6.45, 7) is 0.110. The van der Waals surface area contributed by atoms with E-state index in [1.807, 2.05) is 0 Å². The molecular weight excluding hydrogens is 445 g/mol. The number of benzene rings is 2. The highest BCUT2D eigenvalue weighted by molar-refractivity contribution is 5.77. The monoisotopic (exact) mass is 458 g/mol. The molecule has 33 heavy (non-hydrogen) atoms. The maximum absolute atomic E-state index is 14.2. The van der Waals surface area contributed by atoms with Crippen LogP contribution in [0.3, 0.4) is 0 Å². The molecule has 3 heterocycles. The third-order valence-electron chi connectivity index (χ3n) is 4.95. The minimum Gasteiger partial charge on any atom is -0.354 e. The standard InChI is InChI=1S/C22H12F5N5O/c23-16-4-2-1-3-15(16)21-29-19-9-28-32(11-20(19)30-21)10-13-8-18(31-33-13)14-6-5-12(7-17(14)24)22(25,26)27/h1-9,11H,10H2/p+1. The van der Waals surface area contributed by atoms with Gasteiger partial charge in [0.05, 0.1) is 11.1 Å². The van der Waals surface area contributed by atoms with Crippen LogP contribution < -0.4 is 4.68 Å². The molecule has 3 aromatic heterocycles. The van der Waals surface area contributed by atoms with Crippen LogP contribution in [0.4, 0.5) is 22.0 Å². The topological polar surface area (TPSA) is 71.5 Å². The number of nitrogens with zero attached hydrogens (tertiary/aromatic N) is 4. The van der Waals surface area contributed by atoms with E-state index in [-0.39, 0.29) is 17.8 Å². The summed E-state index contributed by atoms with van der Waals surface area (Å²) in [4.78, 5) is 7.38. The molecule has 0 amide bonds. The second-order valence-corrected chi connectivity index (χ2v) is 7.21. The van der Waals surface area contributed by atoms with E-state index in [1.54, 1.807) is 24.4 Å². The van der Waals surface area contributed by atoms with Gasteiger partial charge in [0.15, 0.2) is 0 Å². The molecule has 0 aliphatic rings. The molecule has 0 saturated carbocycles. The van der Waals surface area contributed by atoms with E-state index in [0.29, 0.717) is 34.2 Å². The van der Waals surface area contributed by atoms with Gasteiger partial charge in [0.25, 0.3) is 0 Å². The van der Waals surface area contributed by atoms with Gasteiger partial charge >= 0.3 is 6.18 Å². The first-order valence-corrected chi connectivity index (χ1v) is 9.61. The predicted octanol–water partition coefficient (Wildman–Crippen LogP) is 4.91. The van der Waals surface area contributed by atoms with Crippen LogP contribution in [0, 0.1) is 11.6 Å². The van der Waals surface area contributed by atoms with Gasteiger partial charge in [-0.2, -0.15) is 13.2 Å². The molecule has 0 spiro atoms. The van der Waals surface area contributed by atoms with Gasteiger partial charge in [-0.15, -0.1) is 0 Å². The lowest BCUT2D eigenvalue weighted by molar-refractivity contribution is -0.746. The van der Waals surface area contributed by atoms with Crippen LogP contribution in [0.5, 0.6) is 0 Å². The van der Waals surface area contributed by atoms with Crippen molar-refractivity contribution in [2.45, 2.75) is 12.7 Å². The molecule has 0 bridgehead atoms. The first-order chi connectivity index (χ1) is 15.8. The molecule has 0 fully saturated rings. The summed E-state index contributed by atoms with van der Waals surface area (Å²) in [5, 5.41) is 7.98. The Labute approximate surface area is 182 Å². The average molecular weight is 458 g/mol. The summed E-state index contributed by atoms with van der Waals surface area (Å²) < 4.78 is 73.2. The van der Waals surface area contributed by atoms with Crippen molar-refractivity contribution in [1.82, 2.24) is 20.2 Å². The molecule has 1 N–H and O–H groups in total. The molecule has 6 nitrogen and oxygen atoms in total. The normalized spacial score (nSPS) is 11.9. The fraction of sp³-hybridized carbons (Fsp3) is 0.0909. The van der Waals surface area contributed by atoms with Gasteiger partial charge in [0, 0.05) is 11.6 Å². The Kier molecular flexibility index (Phi) is 4.88. The number of aromatic amines is 1. The number of imidazole rings is 1. The van der Waals surface area contributed by atoms with Gasteiger partial charge < -0.3 is 9.51 Å². The fourth-order valence-electron chi connectivity index (χ4n) is 3.35. The van der Waals surface area contributed by atoms with Crippen molar-refractivity contribution in [3.8, 4) is 22.6 Å². The van der Waals surface area contributed by atoms with Crippen LogP contribution in [0.2, 0.25) is 0 Å². The Morgan fingerprint density at radius 3 is 2.55 bits per heavy atom. The van der Waals surface area contributed by atoms with Crippen molar-refractivity contribution in [3.63, 3.8) is 0 Å². The van der Waals surface area contributed by atoms with Crippen molar-refractivity contribution in [2.75, 3.05) is 0 Å². The number of H-pyrrole nitrogens is 1. The minimum absolute atomic E-state index is 0.0567. The third kappa shape index (κ3) is 4.04. The van der Waals surface area contributed by atoms with Crippen LogP contribution in [0.1, 0.15) is 11.3 Å². The summed E-state index contributed by atoms with van der Waals surface area (Å²) in [6.07, 6.45) is -1.52. The van der Waals surface area contributed by atoms with E-state index in [9.17, 15) is 22.0 Å². The number of aromatic nitrogens is 5. The maximum atomic E-state index is 14.2. The van der Waals surface area contributed by atoms with Crippen molar-refractivity contribution < 1.29 is 31.2 Å². The molecule has 0 aliphatic carbocycles. The second-order valence-electron chi connectivity index (χ2n) is 7.21. The summed E-state index contributed by atoms with van der Waals surface area (Å²) in [5.74, 6) is -0.825. The molecule has 11 heteroatoms. The van der Waals surface area contributed by atoms with Gasteiger partial charge in [-0.3, -0.25) is 0 Å². The molecule has 2 aromatic carbocycles. The van der Waals surface area contributed by atoms with E-state index in [0.717, 1.165) is 12.1 Å². The lowest BCUT2D eigenvalue weighted by atomic mass is 10.1.